The van der Waals surface area contributed by atoms with Crippen molar-refractivity contribution in [1.82, 2.24) is 15.6 Å². The number of hydrogen-bond donors (Lipinski definition) is 2. The molecule has 0 fully saturated rings. The van der Waals surface area contributed by atoms with Crippen LogP contribution in [0.2, 0.25) is 0 Å². The molecule has 2 rings (SSSR count). The smallest absolute Gasteiger partial charge is 0.356 e. The molecule has 0 aliphatic rings. The molecule has 0 aliphatic carbocycles. The second-order valence-corrected chi connectivity index (χ2v) is 9.36. The fourth-order valence-electron chi connectivity index (χ4n) is 2.46. The third kappa shape index (κ3) is 9.60. The Bertz CT molecular complexity index is 904. The Morgan fingerprint density at radius 3 is 2.43 bits per heavy atom. The number of nitrogens with zero attached hydrogens (tertiary/aromatic N) is 2. The van der Waals surface area contributed by atoms with Crippen LogP contribution in [0.25, 0.3) is 0 Å². The molecule has 6 nitrogen and oxygen atoms in total. The summed E-state index contributed by atoms with van der Waals surface area (Å²) < 4.78 is 61.9. The van der Waals surface area contributed by atoms with Gasteiger partial charge in [0.15, 0.2) is 21.5 Å². The quantitative estimate of drug-likeness (QED) is 0.207. The van der Waals surface area contributed by atoms with E-state index in [1.165, 1.54) is 0 Å². The highest BCUT2D eigenvalue weighted by molar-refractivity contribution is 14.0. The second kappa shape index (κ2) is 12.4. The number of hydrogen-bond acceptors (Lipinski definition) is 5. The molecule has 2 aromatic rings. The number of aromatic nitrogens is 1. The first kappa shape index (κ1) is 26.6. The molecule has 0 bridgehead atoms. The Morgan fingerprint density at radius 1 is 1.17 bits per heavy atom. The maximum atomic E-state index is 12.5. The number of halogens is 4. The highest BCUT2D eigenvalue weighted by atomic mass is 127. The van der Waals surface area contributed by atoms with Crippen LogP contribution in [0.4, 0.5) is 13.2 Å². The topological polar surface area (TPSA) is 83.5 Å². The Labute approximate surface area is 195 Å². The zero-order chi connectivity index (χ0) is 21.3. The van der Waals surface area contributed by atoms with Crippen molar-refractivity contribution in [2.24, 2.45) is 4.99 Å². The van der Waals surface area contributed by atoms with Gasteiger partial charge in [-0.05, 0) is 12.0 Å². The van der Waals surface area contributed by atoms with Gasteiger partial charge in [-0.15, -0.1) is 35.3 Å². The summed E-state index contributed by atoms with van der Waals surface area (Å²) in [4.78, 5) is 7.58. The third-order valence-corrected chi connectivity index (χ3v) is 6.44. The highest BCUT2D eigenvalue weighted by Gasteiger charge is 2.33. The maximum Gasteiger partial charge on any atom is 0.434 e. The van der Waals surface area contributed by atoms with E-state index in [2.05, 4.69) is 20.6 Å². The van der Waals surface area contributed by atoms with Crippen LogP contribution in [0, 0.1) is 0 Å². The molecule has 30 heavy (non-hydrogen) atoms. The predicted molar refractivity (Wildman–Crippen MR) is 124 cm³/mol. The molecular weight excluding hydrogens is 552 g/mol. The first-order chi connectivity index (χ1) is 13.7. The third-order valence-electron chi connectivity index (χ3n) is 3.85. The number of aliphatic imine (C=N–C) groups is 1. The van der Waals surface area contributed by atoms with Crippen molar-refractivity contribution in [3.8, 4) is 0 Å². The van der Waals surface area contributed by atoms with Crippen molar-refractivity contribution in [1.29, 1.82) is 0 Å². The number of benzene rings is 1. The Kier molecular flexibility index (Phi) is 11.0. The Morgan fingerprint density at radius 2 is 1.83 bits per heavy atom. The summed E-state index contributed by atoms with van der Waals surface area (Å²) in [5.74, 6) is 0.512. The van der Waals surface area contributed by atoms with E-state index < -0.39 is 21.7 Å². The maximum absolute atomic E-state index is 12.5. The largest absolute Gasteiger partial charge is 0.434 e. The van der Waals surface area contributed by atoms with Crippen molar-refractivity contribution >= 4 is 51.1 Å². The molecule has 0 atom stereocenters. The average Bonchev–Trinajstić information content (AvgIpc) is 3.13. The number of nitrogens with one attached hydrogen (secondary N) is 2. The summed E-state index contributed by atoms with van der Waals surface area (Å²) in [5.41, 5.74) is -0.120. The number of sulfone groups is 1. The lowest BCUT2D eigenvalue weighted by molar-refractivity contribution is -0.140. The van der Waals surface area contributed by atoms with E-state index in [4.69, 9.17) is 0 Å². The lowest BCUT2D eigenvalue weighted by Gasteiger charge is -2.11. The molecule has 0 saturated carbocycles. The normalized spacial score (nSPS) is 12.3. The van der Waals surface area contributed by atoms with Gasteiger partial charge in [-0.3, -0.25) is 4.99 Å². The summed E-state index contributed by atoms with van der Waals surface area (Å²) in [6.45, 7) is 0.764. The summed E-state index contributed by atoms with van der Waals surface area (Å²) in [6, 6.07) is 9.00. The second-order valence-electron chi connectivity index (χ2n) is 6.23. The molecule has 168 valence electrons. The van der Waals surface area contributed by atoms with E-state index in [0.29, 0.717) is 36.9 Å². The van der Waals surface area contributed by atoms with Crippen LogP contribution >= 0.6 is 35.3 Å². The van der Waals surface area contributed by atoms with Crippen LogP contribution in [0.5, 0.6) is 0 Å². The fraction of sp³-hybridized carbons (Fsp3) is 0.444. The molecule has 12 heteroatoms. The number of guanidine groups is 1. The molecule has 0 amide bonds. The summed E-state index contributed by atoms with van der Waals surface area (Å²) >= 11 is 0.962. The molecule has 0 spiro atoms. The summed E-state index contributed by atoms with van der Waals surface area (Å²) in [6.07, 6.45) is -3.69. The van der Waals surface area contributed by atoms with E-state index in [1.807, 2.05) is 6.07 Å². The van der Waals surface area contributed by atoms with Crippen LogP contribution in [0.15, 0.2) is 40.7 Å². The molecule has 1 aromatic heterocycles. The van der Waals surface area contributed by atoms with Gasteiger partial charge in [0, 0.05) is 31.9 Å². The summed E-state index contributed by atoms with van der Waals surface area (Å²) in [5, 5.41) is 7.36. The minimum absolute atomic E-state index is 0. The fourth-order valence-corrected chi connectivity index (χ4v) is 4.70. The molecule has 1 aromatic carbocycles. The van der Waals surface area contributed by atoms with E-state index in [1.54, 1.807) is 31.3 Å². The number of alkyl halides is 3. The lowest BCUT2D eigenvalue weighted by Crippen LogP contribution is -2.39. The first-order valence-electron chi connectivity index (χ1n) is 8.90. The van der Waals surface area contributed by atoms with Crippen LogP contribution in [-0.2, 0) is 28.2 Å². The zero-order valence-electron chi connectivity index (χ0n) is 16.3. The zero-order valence-corrected chi connectivity index (χ0v) is 20.2. The van der Waals surface area contributed by atoms with Gasteiger partial charge in [0.25, 0.3) is 0 Å². The number of thiazole rings is 1. The molecule has 0 radical (unpaired) electrons. The minimum atomic E-state index is -4.43. The van der Waals surface area contributed by atoms with Gasteiger partial charge in [-0.1, -0.05) is 30.3 Å². The predicted octanol–water partition coefficient (Wildman–Crippen LogP) is 3.49. The van der Waals surface area contributed by atoms with Gasteiger partial charge >= 0.3 is 6.18 Å². The van der Waals surface area contributed by atoms with Crippen LogP contribution in [0.3, 0.4) is 0 Å². The average molecular weight is 576 g/mol. The van der Waals surface area contributed by atoms with E-state index in [9.17, 15) is 21.6 Å². The van der Waals surface area contributed by atoms with Crippen molar-refractivity contribution in [2.45, 2.75) is 24.8 Å². The van der Waals surface area contributed by atoms with E-state index in [-0.39, 0.29) is 35.5 Å². The van der Waals surface area contributed by atoms with Gasteiger partial charge in [0.05, 0.1) is 16.5 Å². The van der Waals surface area contributed by atoms with Gasteiger partial charge in [0.1, 0.15) is 0 Å². The number of rotatable bonds is 9. The molecular formula is C18H24F3IN4O2S2. The lowest BCUT2D eigenvalue weighted by atomic mass is 10.2. The Balaban J connectivity index is 0.00000450. The van der Waals surface area contributed by atoms with E-state index in [0.717, 1.165) is 22.3 Å². The molecule has 2 N–H and O–H groups in total. The van der Waals surface area contributed by atoms with Crippen molar-refractivity contribution in [3.63, 3.8) is 0 Å². The van der Waals surface area contributed by atoms with Crippen molar-refractivity contribution in [3.05, 3.63) is 52.0 Å². The van der Waals surface area contributed by atoms with Gasteiger partial charge in [-0.2, -0.15) is 13.2 Å². The summed E-state index contributed by atoms with van der Waals surface area (Å²) in [7, 11) is -1.64. The molecule has 0 unspecified atom stereocenters. The monoisotopic (exact) mass is 576 g/mol. The van der Waals surface area contributed by atoms with Crippen LogP contribution < -0.4 is 10.6 Å². The minimum Gasteiger partial charge on any atom is -0.356 e. The highest BCUT2D eigenvalue weighted by Crippen LogP contribution is 2.29. The standard InChI is InChI=1S/C18H23F3N4O2S2.HI/c1-22-17(24-10-8-16-25-15(12-28-16)18(19,20)21)23-9-5-11-29(26,27)13-14-6-3-2-4-7-14;/h2-4,6-7,12H,5,8-11,13H2,1H3,(H2,22,23,24);1H. The molecule has 0 saturated heterocycles. The van der Waals surface area contributed by atoms with Gasteiger partial charge in [-0.25, -0.2) is 13.4 Å². The van der Waals surface area contributed by atoms with Crippen LogP contribution in [0.1, 0.15) is 22.7 Å². The SMILES string of the molecule is CN=C(NCCCS(=O)(=O)Cc1ccccc1)NCCc1nc(C(F)(F)F)cs1.I. The molecule has 0 aliphatic heterocycles. The van der Waals surface area contributed by atoms with Crippen LogP contribution in [-0.4, -0.2) is 45.3 Å². The van der Waals surface area contributed by atoms with Crippen molar-refractivity contribution in [2.75, 3.05) is 25.9 Å². The molecule has 1 heterocycles. The van der Waals surface area contributed by atoms with Gasteiger partial charge < -0.3 is 10.6 Å². The van der Waals surface area contributed by atoms with Crippen molar-refractivity contribution < 1.29 is 21.6 Å². The van der Waals surface area contributed by atoms with Gasteiger partial charge in [0.2, 0.25) is 0 Å². The Hall–Kier alpha value is -1.41. The first-order valence-corrected chi connectivity index (χ1v) is 11.6. The van der Waals surface area contributed by atoms with E-state index >= 15 is 0 Å².